The molecule has 2 fully saturated rings. The summed E-state index contributed by atoms with van der Waals surface area (Å²) < 4.78 is 35.2. The van der Waals surface area contributed by atoms with E-state index in [-0.39, 0.29) is 41.7 Å². The number of amides is 1. The van der Waals surface area contributed by atoms with E-state index in [1.165, 1.54) is 6.07 Å². The van der Waals surface area contributed by atoms with Crippen LogP contribution in [0.5, 0.6) is 5.75 Å². The molecule has 1 atom stereocenters. The topological polar surface area (TPSA) is 66.4 Å². The monoisotopic (exact) mass is 524 g/mol. The minimum atomic E-state index is -2.87. The fraction of sp³-hybridized carbons (Fsp3) is 0.579. The number of carbonyl (C=O) groups excluding carboxylic acids is 1. The molecule has 2 aliphatic rings. The number of piperazine rings is 1. The second-order valence-corrected chi connectivity index (χ2v) is 6.70. The maximum absolute atomic E-state index is 12.6. The van der Waals surface area contributed by atoms with E-state index in [2.05, 4.69) is 19.9 Å². The van der Waals surface area contributed by atoms with Crippen molar-refractivity contribution in [3.63, 3.8) is 0 Å². The molecule has 2 aliphatic heterocycles. The van der Waals surface area contributed by atoms with Gasteiger partial charge in [0, 0.05) is 51.9 Å². The molecular formula is C19H27F2IN4O3. The minimum absolute atomic E-state index is 0. The molecule has 0 radical (unpaired) electrons. The molecule has 2 heterocycles. The molecule has 1 unspecified atom stereocenters. The molecule has 0 saturated carbocycles. The number of hydrogen-bond donors (Lipinski definition) is 1. The van der Waals surface area contributed by atoms with Gasteiger partial charge >= 0.3 is 6.61 Å². The molecule has 1 amide bonds. The fourth-order valence-electron chi connectivity index (χ4n) is 3.48. The highest BCUT2D eigenvalue weighted by atomic mass is 127. The third-order valence-electron chi connectivity index (χ3n) is 4.93. The van der Waals surface area contributed by atoms with E-state index >= 15 is 0 Å². The van der Waals surface area contributed by atoms with Gasteiger partial charge in [0.25, 0.3) is 5.91 Å². The van der Waals surface area contributed by atoms with E-state index in [1.54, 1.807) is 25.2 Å². The number of nitrogens with zero attached hydrogens (tertiary/aromatic N) is 3. The quantitative estimate of drug-likeness (QED) is 0.364. The molecule has 1 aromatic rings. The highest BCUT2D eigenvalue weighted by molar-refractivity contribution is 14.0. The lowest BCUT2D eigenvalue weighted by Gasteiger charge is -2.37. The predicted octanol–water partition coefficient (Wildman–Crippen LogP) is 2.30. The van der Waals surface area contributed by atoms with Crippen LogP contribution in [0.25, 0.3) is 0 Å². The van der Waals surface area contributed by atoms with Crippen LogP contribution in [0, 0.1) is 0 Å². The number of halogens is 3. The second kappa shape index (κ2) is 11.5. The van der Waals surface area contributed by atoms with Gasteiger partial charge in [0.05, 0.1) is 0 Å². The van der Waals surface area contributed by atoms with Crippen LogP contribution in [0.2, 0.25) is 0 Å². The summed E-state index contributed by atoms with van der Waals surface area (Å²) >= 11 is 0. The van der Waals surface area contributed by atoms with E-state index in [9.17, 15) is 13.6 Å². The molecule has 1 aromatic carbocycles. The average Bonchev–Trinajstić information content (AvgIpc) is 3.24. The molecule has 1 N–H and O–H groups in total. The Balaban J connectivity index is 0.00000300. The zero-order valence-electron chi connectivity index (χ0n) is 16.4. The van der Waals surface area contributed by atoms with Gasteiger partial charge in [-0.1, -0.05) is 18.2 Å². The maximum atomic E-state index is 12.6. The molecule has 10 heteroatoms. The molecule has 0 spiro atoms. The first-order valence-corrected chi connectivity index (χ1v) is 9.47. The molecule has 0 aliphatic carbocycles. The van der Waals surface area contributed by atoms with Gasteiger partial charge in [-0.15, -0.1) is 24.0 Å². The molecule has 7 nitrogen and oxygen atoms in total. The van der Waals surface area contributed by atoms with Crippen molar-refractivity contribution in [2.45, 2.75) is 32.1 Å². The Labute approximate surface area is 186 Å². The van der Waals surface area contributed by atoms with Crippen LogP contribution < -0.4 is 10.1 Å². The van der Waals surface area contributed by atoms with Crippen LogP contribution in [-0.2, 0) is 16.1 Å². The van der Waals surface area contributed by atoms with Crippen molar-refractivity contribution in [2.75, 3.05) is 39.8 Å². The third kappa shape index (κ3) is 6.39. The first-order chi connectivity index (χ1) is 13.6. The van der Waals surface area contributed by atoms with Crippen LogP contribution in [0.1, 0.15) is 18.4 Å². The van der Waals surface area contributed by atoms with Crippen molar-refractivity contribution in [3.05, 3.63) is 29.8 Å². The number of para-hydroxylation sites is 1. The van der Waals surface area contributed by atoms with Crippen LogP contribution in [-0.4, -0.2) is 74.2 Å². The lowest BCUT2D eigenvalue weighted by molar-refractivity contribution is -0.142. The SMILES string of the molecule is CN=C(NCc1ccccc1OC(F)F)N1CCN(C(=O)C2CCCO2)CC1.I. The fourth-order valence-corrected chi connectivity index (χ4v) is 3.48. The van der Waals surface area contributed by atoms with E-state index in [1.807, 2.05) is 4.90 Å². The lowest BCUT2D eigenvalue weighted by atomic mass is 10.2. The maximum Gasteiger partial charge on any atom is 0.387 e. The number of rotatable bonds is 5. The Kier molecular flexibility index (Phi) is 9.34. The zero-order valence-corrected chi connectivity index (χ0v) is 18.7. The average molecular weight is 524 g/mol. The van der Waals surface area contributed by atoms with Crippen molar-refractivity contribution in [1.29, 1.82) is 0 Å². The third-order valence-corrected chi connectivity index (χ3v) is 4.93. The number of guanidine groups is 1. The summed E-state index contributed by atoms with van der Waals surface area (Å²) in [5.41, 5.74) is 0.621. The summed E-state index contributed by atoms with van der Waals surface area (Å²) in [6, 6.07) is 6.67. The van der Waals surface area contributed by atoms with Gasteiger partial charge in [-0.05, 0) is 18.9 Å². The Hall–Kier alpha value is -1.69. The standard InChI is InChI=1S/C19H26F2N4O3.HI/c1-22-19(23-13-14-5-2-3-6-15(14)28-18(20)21)25-10-8-24(9-11-25)17(26)16-7-4-12-27-16;/h2-3,5-6,16,18H,4,7-13H2,1H3,(H,22,23);1H. The van der Waals surface area contributed by atoms with Gasteiger partial charge in [0.2, 0.25) is 0 Å². The minimum Gasteiger partial charge on any atom is -0.434 e. The van der Waals surface area contributed by atoms with Crippen molar-refractivity contribution >= 4 is 35.8 Å². The van der Waals surface area contributed by atoms with E-state index < -0.39 is 6.61 Å². The number of benzene rings is 1. The molecule has 0 aromatic heterocycles. The van der Waals surface area contributed by atoms with Crippen LogP contribution in [0.4, 0.5) is 8.78 Å². The van der Waals surface area contributed by atoms with Crippen LogP contribution in [0.3, 0.4) is 0 Å². The highest BCUT2D eigenvalue weighted by Crippen LogP contribution is 2.20. The van der Waals surface area contributed by atoms with Crippen molar-refractivity contribution in [1.82, 2.24) is 15.1 Å². The van der Waals surface area contributed by atoms with Gasteiger partial charge in [0.15, 0.2) is 5.96 Å². The summed E-state index contributed by atoms with van der Waals surface area (Å²) in [6.07, 6.45) is 1.43. The Bertz CT molecular complexity index is 694. The summed E-state index contributed by atoms with van der Waals surface area (Å²) in [5.74, 6) is 0.877. The summed E-state index contributed by atoms with van der Waals surface area (Å²) in [4.78, 5) is 20.6. The number of hydrogen-bond acceptors (Lipinski definition) is 4. The molecule has 0 bridgehead atoms. The number of aliphatic imine (C=N–C) groups is 1. The van der Waals surface area contributed by atoms with Gasteiger partial charge in [0.1, 0.15) is 11.9 Å². The van der Waals surface area contributed by atoms with Crippen LogP contribution >= 0.6 is 24.0 Å². The second-order valence-electron chi connectivity index (χ2n) is 6.70. The summed E-state index contributed by atoms with van der Waals surface area (Å²) in [7, 11) is 1.67. The van der Waals surface area contributed by atoms with Crippen LogP contribution in [0.15, 0.2) is 29.3 Å². The van der Waals surface area contributed by atoms with E-state index in [0.717, 1.165) is 12.8 Å². The first kappa shape index (κ1) is 23.6. The molecule has 29 heavy (non-hydrogen) atoms. The molecule has 2 saturated heterocycles. The van der Waals surface area contributed by atoms with Gasteiger partial charge in [-0.3, -0.25) is 9.79 Å². The van der Waals surface area contributed by atoms with Crippen molar-refractivity contribution < 1.29 is 23.0 Å². The number of ether oxygens (including phenoxy) is 2. The molecule has 162 valence electrons. The molecule has 3 rings (SSSR count). The number of carbonyl (C=O) groups is 1. The number of nitrogens with one attached hydrogen (secondary N) is 1. The van der Waals surface area contributed by atoms with Crippen molar-refractivity contribution in [2.24, 2.45) is 4.99 Å². The van der Waals surface area contributed by atoms with Crippen molar-refractivity contribution in [3.8, 4) is 5.75 Å². The zero-order chi connectivity index (χ0) is 19.9. The highest BCUT2D eigenvalue weighted by Gasteiger charge is 2.30. The Morgan fingerprint density at radius 1 is 1.28 bits per heavy atom. The smallest absolute Gasteiger partial charge is 0.387 e. The largest absolute Gasteiger partial charge is 0.434 e. The van der Waals surface area contributed by atoms with Gasteiger partial charge < -0.3 is 24.6 Å². The lowest BCUT2D eigenvalue weighted by Crippen LogP contribution is -2.55. The van der Waals surface area contributed by atoms with Gasteiger partial charge in [-0.25, -0.2) is 0 Å². The summed E-state index contributed by atoms with van der Waals surface area (Å²) in [6.45, 7) is 0.596. The van der Waals surface area contributed by atoms with E-state index in [4.69, 9.17) is 4.74 Å². The first-order valence-electron chi connectivity index (χ1n) is 9.47. The molecular weight excluding hydrogens is 497 g/mol. The van der Waals surface area contributed by atoms with Gasteiger partial charge in [-0.2, -0.15) is 8.78 Å². The predicted molar refractivity (Wildman–Crippen MR) is 116 cm³/mol. The summed E-state index contributed by atoms with van der Waals surface area (Å²) in [5, 5.41) is 3.19. The number of alkyl halides is 2. The Morgan fingerprint density at radius 3 is 2.59 bits per heavy atom. The van der Waals surface area contributed by atoms with E-state index in [0.29, 0.717) is 50.9 Å². The normalized spacial score (nSPS) is 19.9. The Morgan fingerprint density at radius 2 is 1.97 bits per heavy atom.